The van der Waals surface area contributed by atoms with Crippen molar-refractivity contribution < 1.29 is 27.0 Å². The smallest absolute Gasteiger partial charge is 0.339 e. The molecule has 4 rings (SSSR count). The molecule has 0 spiro atoms. The molecule has 3 aromatic rings. The Labute approximate surface area is 204 Å². The van der Waals surface area contributed by atoms with E-state index in [1.165, 1.54) is 54.6 Å². The minimum absolute atomic E-state index is 0.0268. The molecule has 11 heteroatoms. The lowest BCUT2D eigenvalue weighted by atomic mass is 10.1. The van der Waals surface area contributed by atoms with Gasteiger partial charge >= 0.3 is 16.1 Å². The number of para-hydroxylation sites is 1. The molecule has 1 fully saturated rings. The van der Waals surface area contributed by atoms with Gasteiger partial charge in [0.1, 0.15) is 16.2 Å². The maximum absolute atomic E-state index is 13.1. The number of urea groups is 1. The Hall–Kier alpha value is -3.66. The van der Waals surface area contributed by atoms with Gasteiger partial charge in [0.25, 0.3) is 11.8 Å². The predicted molar refractivity (Wildman–Crippen MR) is 126 cm³/mol. The van der Waals surface area contributed by atoms with Gasteiger partial charge < -0.3 is 4.18 Å². The molecule has 1 saturated heterocycles. The number of hydrogen-bond donors (Lipinski definition) is 1. The van der Waals surface area contributed by atoms with Crippen LogP contribution in [0.1, 0.15) is 5.56 Å². The number of anilines is 1. The number of nitrogens with zero attached hydrogens (tertiary/aromatic N) is 1. The van der Waals surface area contributed by atoms with Crippen LogP contribution in [0.2, 0.25) is 10.0 Å². The van der Waals surface area contributed by atoms with Gasteiger partial charge in [-0.3, -0.25) is 14.9 Å². The summed E-state index contributed by atoms with van der Waals surface area (Å²) in [7, 11) is -4.22. The molecule has 0 aromatic heterocycles. The highest BCUT2D eigenvalue weighted by Gasteiger charge is 2.38. The second kappa shape index (κ2) is 9.30. The summed E-state index contributed by atoms with van der Waals surface area (Å²) < 4.78 is 30.6. The van der Waals surface area contributed by atoms with Gasteiger partial charge in [-0.2, -0.15) is 8.42 Å². The molecule has 0 bridgehead atoms. The van der Waals surface area contributed by atoms with Crippen LogP contribution in [0.25, 0.3) is 6.08 Å². The molecule has 0 unspecified atom stereocenters. The Bertz CT molecular complexity index is 1460. The van der Waals surface area contributed by atoms with Crippen LogP contribution in [0.3, 0.4) is 0 Å². The average Bonchev–Trinajstić information content (AvgIpc) is 2.80. The Morgan fingerprint density at radius 2 is 1.56 bits per heavy atom. The number of carbonyl (C=O) groups is 3. The molecule has 0 aliphatic carbocycles. The van der Waals surface area contributed by atoms with Gasteiger partial charge in [-0.15, -0.1) is 0 Å². The molecule has 0 radical (unpaired) electrons. The maximum Gasteiger partial charge on any atom is 0.339 e. The molecule has 8 nitrogen and oxygen atoms in total. The molecular weight excluding hydrogens is 503 g/mol. The third kappa shape index (κ3) is 4.67. The van der Waals surface area contributed by atoms with E-state index in [2.05, 4.69) is 5.32 Å². The Morgan fingerprint density at radius 3 is 2.26 bits per heavy atom. The molecule has 172 valence electrons. The van der Waals surface area contributed by atoms with Crippen LogP contribution < -0.4 is 14.4 Å². The van der Waals surface area contributed by atoms with E-state index >= 15 is 0 Å². The first-order chi connectivity index (χ1) is 16.2. The first kappa shape index (κ1) is 23.5. The van der Waals surface area contributed by atoms with Crippen molar-refractivity contribution in [3.63, 3.8) is 0 Å². The van der Waals surface area contributed by atoms with Crippen molar-refractivity contribution in [2.45, 2.75) is 4.90 Å². The van der Waals surface area contributed by atoms with Crippen LogP contribution in [0.15, 0.2) is 83.3 Å². The predicted octanol–water partition coefficient (Wildman–Crippen LogP) is 4.43. The molecule has 3 aromatic carbocycles. The molecule has 0 atom stereocenters. The topological polar surface area (TPSA) is 110 Å². The summed E-state index contributed by atoms with van der Waals surface area (Å²) in [5, 5.41) is 2.38. The lowest BCUT2D eigenvalue weighted by Crippen LogP contribution is -2.54. The van der Waals surface area contributed by atoms with Gasteiger partial charge in [0.05, 0.1) is 10.7 Å². The highest BCUT2D eigenvalue weighted by molar-refractivity contribution is 7.87. The summed E-state index contributed by atoms with van der Waals surface area (Å²) in [5.41, 5.74) is -0.359. The number of halogens is 2. The summed E-state index contributed by atoms with van der Waals surface area (Å²) >= 11 is 12.2. The fraction of sp³-hybridized carbons (Fsp3) is 0. The van der Waals surface area contributed by atoms with E-state index in [4.69, 9.17) is 27.4 Å². The van der Waals surface area contributed by atoms with Crippen molar-refractivity contribution >= 4 is 62.9 Å². The molecular formula is C23H14Cl2N2O6S. The number of carbonyl (C=O) groups excluding carboxylic acids is 3. The summed E-state index contributed by atoms with van der Waals surface area (Å²) in [4.78, 5) is 38.7. The highest BCUT2D eigenvalue weighted by atomic mass is 35.5. The van der Waals surface area contributed by atoms with Crippen LogP contribution >= 0.6 is 23.2 Å². The van der Waals surface area contributed by atoms with Gasteiger partial charge in [-0.05, 0) is 48.5 Å². The highest BCUT2D eigenvalue weighted by Crippen LogP contribution is 2.31. The Kier molecular flexibility index (Phi) is 6.43. The first-order valence-corrected chi connectivity index (χ1v) is 11.8. The Balaban J connectivity index is 1.77. The normalized spacial score (nSPS) is 15.4. The zero-order valence-corrected chi connectivity index (χ0v) is 19.4. The minimum atomic E-state index is -4.22. The zero-order valence-electron chi connectivity index (χ0n) is 17.1. The standard InChI is InChI=1S/C23H14Cl2N2O6S/c24-15-10-11-20(33-34(31,32)16-6-2-1-3-7-16)14(12-15)13-17-21(28)26-23(30)27(22(17)29)19-9-5-4-8-18(19)25/h1-13H,(H,26,28,30)/b17-13+. The van der Waals surface area contributed by atoms with E-state index in [0.29, 0.717) is 4.90 Å². The van der Waals surface area contributed by atoms with E-state index in [-0.39, 0.29) is 31.9 Å². The third-order valence-corrected chi connectivity index (χ3v) is 6.50. The second-order valence-electron chi connectivity index (χ2n) is 6.94. The van der Waals surface area contributed by atoms with Crippen LogP contribution in [0.4, 0.5) is 10.5 Å². The molecule has 0 saturated carbocycles. The molecule has 1 aliphatic heterocycles. The number of nitrogens with one attached hydrogen (secondary N) is 1. The summed E-state index contributed by atoms with van der Waals surface area (Å²) in [6.07, 6.45) is 1.09. The van der Waals surface area contributed by atoms with E-state index < -0.39 is 33.5 Å². The van der Waals surface area contributed by atoms with Crippen molar-refractivity contribution in [1.82, 2.24) is 5.32 Å². The van der Waals surface area contributed by atoms with E-state index in [0.717, 1.165) is 6.08 Å². The second-order valence-corrected chi connectivity index (χ2v) is 9.33. The lowest BCUT2D eigenvalue weighted by molar-refractivity contribution is -0.122. The van der Waals surface area contributed by atoms with Crippen LogP contribution in [0, 0.1) is 0 Å². The van der Waals surface area contributed by atoms with Crippen LogP contribution in [-0.2, 0) is 19.7 Å². The number of rotatable bonds is 5. The number of benzene rings is 3. The Morgan fingerprint density at radius 1 is 0.882 bits per heavy atom. The summed E-state index contributed by atoms with van der Waals surface area (Å²) in [5.74, 6) is -2.11. The van der Waals surface area contributed by atoms with Gasteiger partial charge in [0.15, 0.2) is 0 Å². The largest absolute Gasteiger partial charge is 0.378 e. The average molecular weight is 517 g/mol. The maximum atomic E-state index is 13.1. The van der Waals surface area contributed by atoms with E-state index in [1.54, 1.807) is 18.2 Å². The number of imide groups is 2. The zero-order chi connectivity index (χ0) is 24.5. The minimum Gasteiger partial charge on any atom is -0.378 e. The fourth-order valence-electron chi connectivity index (χ4n) is 3.13. The number of amides is 4. The first-order valence-electron chi connectivity index (χ1n) is 9.62. The van der Waals surface area contributed by atoms with E-state index in [9.17, 15) is 22.8 Å². The van der Waals surface area contributed by atoms with Crippen molar-refractivity contribution in [2.75, 3.05) is 4.90 Å². The van der Waals surface area contributed by atoms with Gasteiger partial charge in [0.2, 0.25) is 0 Å². The van der Waals surface area contributed by atoms with Gasteiger partial charge in [0, 0.05) is 10.6 Å². The molecule has 34 heavy (non-hydrogen) atoms. The van der Waals surface area contributed by atoms with Crippen LogP contribution in [-0.4, -0.2) is 26.3 Å². The SMILES string of the molecule is O=C1NC(=O)N(c2ccccc2Cl)C(=O)/C1=C/c1cc(Cl)ccc1OS(=O)(=O)c1ccccc1. The number of barbiturate groups is 1. The molecule has 1 N–H and O–H groups in total. The number of hydrogen-bond acceptors (Lipinski definition) is 6. The van der Waals surface area contributed by atoms with Crippen molar-refractivity contribution in [1.29, 1.82) is 0 Å². The molecule has 4 amide bonds. The third-order valence-electron chi connectivity index (χ3n) is 4.70. The van der Waals surface area contributed by atoms with E-state index in [1.807, 2.05) is 0 Å². The lowest BCUT2D eigenvalue weighted by Gasteiger charge is -2.27. The van der Waals surface area contributed by atoms with Crippen molar-refractivity contribution in [3.05, 3.63) is 94.0 Å². The molecule has 1 aliphatic rings. The molecule has 1 heterocycles. The quantitative estimate of drug-likeness (QED) is 0.305. The summed E-state index contributed by atoms with van der Waals surface area (Å²) in [6.45, 7) is 0. The van der Waals surface area contributed by atoms with Crippen LogP contribution in [0.5, 0.6) is 5.75 Å². The van der Waals surface area contributed by atoms with Gasteiger partial charge in [-0.1, -0.05) is 53.5 Å². The fourth-order valence-corrected chi connectivity index (χ4v) is 4.50. The van der Waals surface area contributed by atoms with Crippen molar-refractivity contribution in [3.8, 4) is 5.75 Å². The monoisotopic (exact) mass is 516 g/mol. The van der Waals surface area contributed by atoms with Crippen molar-refractivity contribution in [2.24, 2.45) is 0 Å². The summed E-state index contributed by atoms with van der Waals surface area (Å²) in [6, 6.07) is 16.6. The van der Waals surface area contributed by atoms with Gasteiger partial charge in [-0.25, -0.2) is 9.69 Å².